The second-order valence-corrected chi connectivity index (χ2v) is 5.69. The molecule has 6 heteroatoms. The van der Waals surface area contributed by atoms with Crippen LogP contribution >= 0.6 is 0 Å². The average molecular weight is 336 g/mol. The number of anilines is 3. The molecule has 0 aliphatic rings. The van der Waals surface area contributed by atoms with Gasteiger partial charge in [0.25, 0.3) is 5.91 Å². The van der Waals surface area contributed by atoms with Crippen LogP contribution in [0.2, 0.25) is 0 Å². The van der Waals surface area contributed by atoms with Crippen molar-refractivity contribution in [2.75, 3.05) is 10.6 Å². The maximum Gasteiger partial charge on any atom is 0.276 e. The van der Waals surface area contributed by atoms with Gasteiger partial charge in [-0.05, 0) is 73.5 Å². The van der Waals surface area contributed by atoms with Crippen molar-refractivity contribution in [2.45, 2.75) is 13.8 Å². The van der Waals surface area contributed by atoms with E-state index < -0.39 is 5.91 Å². The molecule has 0 radical (unpaired) electrons. The Morgan fingerprint density at radius 1 is 0.880 bits per heavy atom. The fourth-order valence-corrected chi connectivity index (χ4v) is 2.22. The number of hydrogen-bond acceptors (Lipinski definition) is 4. The highest BCUT2D eigenvalue weighted by molar-refractivity contribution is 6.02. The molecule has 25 heavy (non-hydrogen) atoms. The molecule has 0 aliphatic heterocycles. The van der Waals surface area contributed by atoms with Crippen molar-refractivity contribution in [1.82, 2.24) is 10.2 Å². The van der Waals surface area contributed by atoms with Crippen LogP contribution in [0.25, 0.3) is 0 Å². The third-order valence-corrected chi connectivity index (χ3v) is 3.78. The number of rotatable bonds is 4. The lowest BCUT2D eigenvalue weighted by molar-refractivity contribution is 0.102. The van der Waals surface area contributed by atoms with E-state index in [2.05, 4.69) is 20.8 Å². The number of aromatic nitrogens is 2. The molecule has 1 heterocycles. The van der Waals surface area contributed by atoms with E-state index in [9.17, 15) is 9.18 Å². The van der Waals surface area contributed by atoms with Crippen LogP contribution in [0, 0.1) is 19.7 Å². The summed E-state index contributed by atoms with van der Waals surface area (Å²) >= 11 is 0. The molecule has 0 bridgehead atoms. The number of hydrogen-bond donors (Lipinski definition) is 2. The second kappa shape index (κ2) is 7.09. The fourth-order valence-electron chi connectivity index (χ4n) is 2.22. The molecule has 1 aromatic heterocycles. The Morgan fingerprint density at radius 2 is 1.60 bits per heavy atom. The first-order valence-corrected chi connectivity index (χ1v) is 7.76. The average Bonchev–Trinajstić information content (AvgIpc) is 2.61. The summed E-state index contributed by atoms with van der Waals surface area (Å²) in [6.45, 7) is 4.09. The number of halogens is 1. The zero-order valence-electron chi connectivity index (χ0n) is 13.9. The molecule has 1 amide bonds. The van der Waals surface area contributed by atoms with E-state index in [1.54, 1.807) is 12.1 Å². The van der Waals surface area contributed by atoms with Crippen molar-refractivity contribution in [1.29, 1.82) is 0 Å². The fraction of sp³-hybridized carbons (Fsp3) is 0.105. The van der Waals surface area contributed by atoms with Gasteiger partial charge in [0.05, 0.1) is 0 Å². The van der Waals surface area contributed by atoms with Gasteiger partial charge in [0, 0.05) is 11.4 Å². The molecule has 2 N–H and O–H groups in total. The van der Waals surface area contributed by atoms with Crippen molar-refractivity contribution in [2.24, 2.45) is 0 Å². The van der Waals surface area contributed by atoms with Crippen molar-refractivity contribution >= 4 is 23.1 Å². The van der Waals surface area contributed by atoms with Gasteiger partial charge in [0.2, 0.25) is 0 Å². The van der Waals surface area contributed by atoms with Crippen molar-refractivity contribution in [3.8, 4) is 0 Å². The molecule has 0 fully saturated rings. The van der Waals surface area contributed by atoms with E-state index in [1.165, 1.54) is 35.4 Å². The zero-order chi connectivity index (χ0) is 17.8. The number of benzene rings is 2. The van der Waals surface area contributed by atoms with Gasteiger partial charge in [-0.3, -0.25) is 4.79 Å². The first-order valence-electron chi connectivity index (χ1n) is 7.76. The highest BCUT2D eigenvalue weighted by Crippen LogP contribution is 2.18. The number of amides is 1. The summed E-state index contributed by atoms with van der Waals surface area (Å²) in [5, 5.41) is 13.7. The molecule has 126 valence electrons. The van der Waals surface area contributed by atoms with Crippen LogP contribution in [-0.4, -0.2) is 16.1 Å². The third-order valence-electron chi connectivity index (χ3n) is 3.78. The summed E-state index contributed by atoms with van der Waals surface area (Å²) < 4.78 is 12.9. The summed E-state index contributed by atoms with van der Waals surface area (Å²) in [5.41, 5.74) is 3.96. The van der Waals surface area contributed by atoms with Crippen LogP contribution in [-0.2, 0) is 0 Å². The van der Waals surface area contributed by atoms with E-state index in [1.807, 2.05) is 32.0 Å². The molecule has 3 rings (SSSR count). The van der Waals surface area contributed by atoms with Crippen LogP contribution in [0.3, 0.4) is 0 Å². The predicted octanol–water partition coefficient (Wildman–Crippen LogP) is 4.23. The predicted molar refractivity (Wildman–Crippen MR) is 95.6 cm³/mol. The topological polar surface area (TPSA) is 66.9 Å². The highest BCUT2D eigenvalue weighted by Gasteiger charge is 2.09. The van der Waals surface area contributed by atoms with Gasteiger partial charge in [-0.1, -0.05) is 6.07 Å². The smallest absolute Gasteiger partial charge is 0.276 e. The molecular formula is C19H17FN4O. The molecule has 0 atom stereocenters. The van der Waals surface area contributed by atoms with Crippen LogP contribution in [0.5, 0.6) is 0 Å². The van der Waals surface area contributed by atoms with Gasteiger partial charge in [0.15, 0.2) is 11.5 Å². The van der Waals surface area contributed by atoms with Crippen LogP contribution in [0.4, 0.5) is 21.6 Å². The Morgan fingerprint density at radius 3 is 2.24 bits per heavy atom. The minimum absolute atomic E-state index is 0.176. The van der Waals surface area contributed by atoms with Gasteiger partial charge in [0.1, 0.15) is 5.82 Å². The number of nitrogens with zero attached hydrogens (tertiary/aromatic N) is 2. The largest absolute Gasteiger partial charge is 0.339 e. The zero-order valence-corrected chi connectivity index (χ0v) is 13.9. The summed E-state index contributed by atoms with van der Waals surface area (Å²) in [4.78, 5) is 12.1. The van der Waals surface area contributed by atoms with Crippen LogP contribution in [0.1, 0.15) is 21.6 Å². The lowest BCUT2D eigenvalue weighted by Gasteiger charge is -2.08. The maximum absolute atomic E-state index is 12.9. The van der Waals surface area contributed by atoms with Gasteiger partial charge in [-0.2, -0.15) is 0 Å². The van der Waals surface area contributed by atoms with Crippen molar-refractivity contribution in [3.63, 3.8) is 0 Å². The minimum atomic E-state index is -0.406. The van der Waals surface area contributed by atoms with Crippen LogP contribution < -0.4 is 10.6 Å². The van der Waals surface area contributed by atoms with Gasteiger partial charge in [-0.25, -0.2) is 4.39 Å². The van der Waals surface area contributed by atoms with E-state index in [0.29, 0.717) is 11.5 Å². The first kappa shape index (κ1) is 16.6. The first-order chi connectivity index (χ1) is 12.0. The Labute approximate surface area is 144 Å². The van der Waals surface area contributed by atoms with Crippen molar-refractivity contribution in [3.05, 3.63) is 77.2 Å². The quantitative estimate of drug-likeness (QED) is 0.748. The van der Waals surface area contributed by atoms with E-state index >= 15 is 0 Å². The van der Waals surface area contributed by atoms with E-state index in [4.69, 9.17) is 0 Å². The second-order valence-electron chi connectivity index (χ2n) is 5.69. The van der Waals surface area contributed by atoms with Gasteiger partial charge >= 0.3 is 0 Å². The van der Waals surface area contributed by atoms with Gasteiger partial charge in [-0.15, -0.1) is 10.2 Å². The molecule has 0 saturated carbocycles. The number of carbonyl (C=O) groups excluding carboxylic acids is 1. The van der Waals surface area contributed by atoms with Gasteiger partial charge < -0.3 is 10.6 Å². The lowest BCUT2D eigenvalue weighted by atomic mass is 10.1. The molecule has 0 saturated heterocycles. The summed E-state index contributed by atoms with van der Waals surface area (Å²) in [5.74, 6) is -0.224. The normalized spacial score (nSPS) is 10.4. The lowest BCUT2D eigenvalue weighted by Crippen LogP contribution is -2.14. The monoisotopic (exact) mass is 336 g/mol. The summed E-state index contributed by atoms with van der Waals surface area (Å²) in [6.07, 6.45) is 0. The molecule has 0 spiro atoms. The van der Waals surface area contributed by atoms with Crippen molar-refractivity contribution < 1.29 is 9.18 Å². The number of aryl methyl sites for hydroxylation is 2. The SMILES string of the molecule is Cc1ccc(Nc2ccc(C(=O)Nc3ccc(F)cc3)nn2)cc1C. The Balaban J connectivity index is 1.67. The molecule has 5 nitrogen and oxygen atoms in total. The summed E-state index contributed by atoms with van der Waals surface area (Å²) in [7, 11) is 0. The molecule has 0 aliphatic carbocycles. The Bertz CT molecular complexity index is 892. The molecular weight excluding hydrogens is 319 g/mol. The van der Waals surface area contributed by atoms with E-state index in [-0.39, 0.29) is 11.5 Å². The third kappa shape index (κ3) is 4.17. The Hall–Kier alpha value is -3.28. The minimum Gasteiger partial charge on any atom is -0.339 e. The number of carbonyl (C=O) groups is 1. The standard InChI is InChI=1S/C19H17FN4O/c1-12-3-6-16(11-13(12)2)21-18-10-9-17(23-24-18)19(25)22-15-7-4-14(20)5-8-15/h3-11H,1-2H3,(H,21,24)(H,22,25). The Kier molecular flexibility index (Phi) is 4.70. The van der Waals surface area contributed by atoms with Crippen LogP contribution in [0.15, 0.2) is 54.6 Å². The highest BCUT2D eigenvalue weighted by atomic mass is 19.1. The molecule has 3 aromatic rings. The van der Waals surface area contributed by atoms with E-state index in [0.717, 1.165) is 5.69 Å². The molecule has 2 aromatic carbocycles. The molecule has 0 unspecified atom stereocenters. The maximum atomic E-state index is 12.9. The number of nitrogens with one attached hydrogen (secondary N) is 2. The summed E-state index contributed by atoms with van der Waals surface area (Å²) in [6, 6.07) is 14.8.